The maximum Gasteiger partial charge on any atom is 0.411 e. The minimum Gasteiger partial charge on any atom is -0.444 e. The zero-order chi connectivity index (χ0) is 17.3. The van der Waals surface area contributed by atoms with Gasteiger partial charge in [0.25, 0.3) is 5.91 Å². The Hall–Kier alpha value is -2.12. The summed E-state index contributed by atoms with van der Waals surface area (Å²) in [5.74, 6) is -0.401. The molecule has 0 aliphatic carbocycles. The van der Waals surface area contributed by atoms with Gasteiger partial charge >= 0.3 is 6.09 Å². The molecule has 2 aliphatic heterocycles. The highest BCUT2D eigenvalue weighted by molar-refractivity contribution is 5.87. The Bertz CT molecular complexity index is 613. The van der Waals surface area contributed by atoms with Crippen molar-refractivity contribution in [3.05, 3.63) is 35.9 Å². The third kappa shape index (κ3) is 3.85. The number of carbonyl (C=O) groups excluding carboxylic acids is 2. The van der Waals surface area contributed by atoms with Crippen LogP contribution in [0.4, 0.5) is 4.79 Å². The Morgan fingerprint density at radius 3 is 2.67 bits per heavy atom. The van der Waals surface area contributed by atoms with E-state index in [-0.39, 0.29) is 18.8 Å². The molecule has 1 aromatic rings. The number of morpholine rings is 1. The first kappa shape index (κ1) is 16.7. The lowest BCUT2D eigenvalue weighted by Crippen LogP contribution is -2.50. The standard InChI is InChI=1S/C17H22N2O5/c1-17(2,3)24-16(21)19-9-12-14(23-12)13(19)15(20)18-22-10-11-7-5-4-6-8-11/h4-8,12-14H,9-10H2,1-3H3,(H,18,20). The van der Waals surface area contributed by atoms with Crippen molar-refractivity contribution in [1.29, 1.82) is 0 Å². The lowest BCUT2D eigenvalue weighted by atomic mass is 10.2. The molecule has 24 heavy (non-hydrogen) atoms. The Balaban J connectivity index is 1.55. The van der Waals surface area contributed by atoms with Crippen LogP contribution in [0.25, 0.3) is 0 Å². The summed E-state index contributed by atoms with van der Waals surface area (Å²) in [7, 11) is 0. The number of fused-ring (bicyclic) bond motifs is 1. The molecule has 0 spiro atoms. The summed E-state index contributed by atoms with van der Waals surface area (Å²) in [6.45, 7) is 5.97. The lowest BCUT2D eigenvalue weighted by Gasteiger charge is -2.29. The Kier molecular flexibility index (Phi) is 4.47. The van der Waals surface area contributed by atoms with Crippen LogP contribution in [0.3, 0.4) is 0 Å². The molecule has 7 heteroatoms. The van der Waals surface area contributed by atoms with Gasteiger partial charge in [-0.15, -0.1) is 0 Å². The number of ether oxygens (including phenoxy) is 2. The van der Waals surface area contributed by atoms with Crippen molar-refractivity contribution in [3.63, 3.8) is 0 Å². The van der Waals surface area contributed by atoms with E-state index in [1.807, 2.05) is 30.3 Å². The number of epoxide rings is 1. The van der Waals surface area contributed by atoms with Crippen molar-refractivity contribution in [1.82, 2.24) is 10.4 Å². The summed E-state index contributed by atoms with van der Waals surface area (Å²) in [6, 6.07) is 8.77. The van der Waals surface area contributed by atoms with E-state index in [0.29, 0.717) is 6.54 Å². The number of benzene rings is 1. The average Bonchev–Trinajstić information content (AvgIpc) is 3.16. The van der Waals surface area contributed by atoms with Gasteiger partial charge in [-0.05, 0) is 26.3 Å². The van der Waals surface area contributed by atoms with Crippen molar-refractivity contribution in [3.8, 4) is 0 Å². The van der Waals surface area contributed by atoms with E-state index in [1.165, 1.54) is 4.90 Å². The van der Waals surface area contributed by atoms with Gasteiger partial charge in [-0.2, -0.15) is 0 Å². The second-order valence-electron chi connectivity index (χ2n) is 6.96. The van der Waals surface area contributed by atoms with Gasteiger partial charge in [0, 0.05) is 0 Å². The number of hydroxylamine groups is 1. The molecule has 0 bridgehead atoms. The summed E-state index contributed by atoms with van der Waals surface area (Å²) < 4.78 is 10.8. The number of nitrogens with zero attached hydrogens (tertiary/aromatic N) is 1. The number of carbonyl (C=O) groups is 2. The summed E-state index contributed by atoms with van der Waals surface area (Å²) in [5.41, 5.74) is 2.73. The minimum atomic E-state index is -0.722. The smallest absolute Gasteiger partial charge is 0.411 e. The molecule has 7 nitrogen and oxygen atoms in total. The highest BCUT2D eigenvalue weighted by Gasteiger charge is 2.60. The minimum absolute atomic E-state index is 0.0950. The van der Waals surface area contributed by atoms with E-state index < -0.39 is 23.6 Å². The third-order valence-electron chi connectivity index (χ3n) is 3.80. The van der Waals surface area contributed by atoms with Gasteiger partial charge in [0.2, 0.25) is 0 Å². The van der Waals surface area contributed by atoms with Gasteiger partial charge in [0.1, 0.15) is 23.9 Å². The Labute approximate surface area is 140 Å². The monoisotopic (exact) mass is 334 g/mol. The van der Waals surface area contributed by atoms with Gasteiger partial charge in [-0.3, -0.25) is 14.5 Å². The SMILES string of the molecule is CC(C)(C)OC(=O)N1CC2OC2C1C(=O)NOCc1ccccc1. The fourth-order valence-electron chi connectivity index (χ4n) is 2.69. The first-order valence-corrected chi connectivity index (χ1v) is 7.96. The maximum atomic E-state index is 12.4. The number of likely N-dealkylation sites (tertiary alicyclic amines) is 1. The van der Waals surface area contributed by atoms with Crippen LogP contribution in [0.5, 0.6) is 0 Å². The molecule has 2 amide bonds. The van der Waals surface area contributed by atoms with Crippen LogP contribution < -0.4 is 5.48 Å². The largest absolute Gasteiger partial charge is 0.444 e. The van der Waals surface area contributed by atoms with Gasteiger partial charge < -0.3 is 9.47 Å². The number of rotatable bonds is 4. The van der Waals surface area contributed by atoms with Crippen LogP contribution >= 0.6 is 0 Å². The Morgan fingerprint density at radius 1 is 1.29 bits per heavy atom. The number of hydrogen-bond donors (Lipinski definition) is 1. The van der Waals surface area contributed by atoms with Crippen LogP contribution in [-0.2, 0) is 25.7 Å². The highest BCUT2D eigenvalue weighted by Crippen LogP contribution is 2.37. The zero-order valence-corrected chi connectivity index (χ0v) is 14.0. The molecule has 2 fully saturated rings. The first-order valence-electron chi connectivity index (χ1n) is 7.96. The zero-order valence-electron chi connectivity index (χ0n) is 14.0. The van der Waals surface area contributed by atoms with Gasteiger partial charge in [0.15, 0.2) is 0 Å². The first-order chi connectivity index (χ1) is 11.3. The van der Waals surface area contributed by atoms with Gasteiger partial charge in [0.05, 0.1) is 13.2 Å². The topological polar surface area (TPSA) is 80.4 Å². The van der Waals surface area contributed by atoms with E-state index in [2.05, 4.69) is 5.48 Å². The normalized spacial score (nSPS) is 25.1. The van der Waals surface area contributed by atoms with Crippen LogP contribution in [0.15, 0.2) is 30.3 Å². The summed E-state index contributed by atoms with van der Waals surface area (Å²) in [6.07, 6.45) is -0.887. The molecule has 2 saturated heterocycles. The van der Waals surface area contributed by atoms with E-state index in [1.54, 1.807) is 20.8 Å². The number of nitrogens with one attached hydrogen (secondary N) is 1. The fourth-order valence-corrected chi connectivity index (χ4v) is 2.69. The molecule has 3 atom stereocenters. The summed E-state index contributed by atoms with van der Waals surface area (Å²) in [5, 5.41) is 0. The maximum absolute atomic E-state index is 12.4. The molecular weight excluding hydrogens is 312 g/mol. The van der Waals surface area contributed by atoms with E-state index in [4.69, 9.17) is 14.3 Å². The van der Waals surface area contributed by atoms with Gasteiger partial charge in [-0.25, -0.2) is 10.3 Å². The molecule has 0 aromatic heterocycles. The lowest BCUT2D eigenvalue weighted by molar-refractivity contribution is -0.140. The van der Waals surface area contributed by atoms with Crippen molar-refractivity contribution >= 4 is 12.0 Å². The molecule has 0 saturated carbocycles. The van der Waals surface area contributed by atoms with Crippen molar-refractivity contribution in [2.75, 3.05) is 6.54 Å². The number of hydrogen-bond acceptors (Lipinski definition) is 5. The molecule has 3 rings (SSSR count). The highest BCUT2D eigenvalue weighted by atomic mass is 16.7. The molecule has 0 radical (unpaired) electrons. The van der Waals surface area contributed by atoms with E-state index in [9.17, 15) is 9.59 Å². The molecule has 3 unspecified atom stereocenters. The van der Waals surface area contributed by atoms with E-state index in [0.717, 1.165) is 5.56 Å². The average molecular weight is 334 g/mol. The van der Waals surface area contributed by atoms with E-state index >= 15 is 0 Å². The van der Waals surface area contributed by atoms with Crippen molar-refractivity contribution in [2.24, 2.45) is 0 Å². The second kappa shape index (κ2) is 6.41. The molecule has 2 heterocycles. The predicted octanol–water partition coefficient (Wildman–Crippen LogP) is 1.62. The summed E-state index contributed by atoms with van der Waals surface area (Å²) >= 11 is 0. The molecular formula is C17H22N2O5. The number of amides is 2. The molecule has 2 aliphatic rings. The van der Waals surface area contributed by atoms with Crippen molar-refractivity contribution in [2.45, 2.75) is 51.2 Å². The van der Waals surface area contributed by atoms with Crippen LogP contribution in [0.2, 0.25) is 0 Å². The molecule has 1 N–H and O–H groups in total. The van der Waals surface area contributed by atoms with Crippen LogP contribution in [0, 0.1) is 0 Å². The van der Waals surface area contributed by atoms with Crippen LogP contribution in [0.1, 0.15) is 26.3 Å². The molecule has 1 aromatic carbocycles. The Morgan fingerprint density at radius 2 is 2.00 bits per heavy atom. The fraction of sp³-hybridized carbons (Fsp3) is 0.529. The van der Waals surface area contributed by atoms with Crippen LogP contribution in [-0.4, -0.2) is 47.3 Å². The molecule has 130 valence electrons. The summed E-state index contributed by atoms with van der Waals surface area (Å²) in [4.78, 5) is 31.3. The quantitative estimate of drug-likeness (QED) is 0.668. The van der Waals surface area contributed by atoms with Gasteiger partial charge in [-0.1, -0.05) is 30.3 Å². The predicted molar refractivity (Wildman–Crippen MR) is 84.8 cm³/mol. The van der Waals surface area contributed by atoms with Crippen molar-refractivity contribution < 1.29 is 23.9 Å². The second-order valence-corrected chi connectivity index (χ2v) is 6.96. The third-order valence-corrected chi connectivity index (χ3v) is 3.80.